The van der Waals surface area contributed by atoms with Crippen molar-refractivity contribution in [2.24, 2.45) is 0 Å². The van der Waals surface area contributed by atoms with Crippen molar-refractivity contribution in [3.63, 3.8) is 0 Å². The van der Waals surface area contributed by atoms with Gasteiger partial charge in [0.25, 0.3) is 0 Å². The van der Waals surface area contributed by atoms with Crippen LogP contribution >= 0.6 is 0 Å². The second-order valence-electron chi connectivity index (χ2n) is 4.70. The molecule has 0 spiro atoms. The monoisotopic (exact) mass is 303 g/mol. The van der Waals surface area contributed by atoms with Gasteiger partial charge in [-0.1, -0.05) is 12.1 Å². The normalized spacial score (nSPS) is 23.9. The van der Waals surface area contributed by atoms with Gasteiger partial charge in [0, 0.05) is 13.0 Å². The summed E-state index contributed by atoms with van der Waals surface area (Å²) in [6, 6.07) is 3.83. The van der Waals surface area contributed by atoms with Gasteiger partial charge in [-0.15, -0.1) is 0 Å². The predicted octanol–water partition coefficient (Wildman–Crippen LogP) is 0.175. The van der Waals surface area contributed by atoms with Gasteiger partial charge in [0.1, 0.15) is 11.9 Å². The molecule has 2 N–H and O–H groups in total. The molecule has 110 valence electrons. The number of sulfonamides is 1. The highest BCUT2D eigenvalue weighted by molar-refractivity contribution is 7.88. The molecule has 0 unspecified atom stereocenters. The average Bonchev–Trinajstić information content (AvgIpc) is 2.72. The first kappa shape index (κ1) is 14.9. The Morgan fingerprint density at radius 3 is 2.75 bits per heavy atom. The van der Waals surface area contributed by atoms with E-state index in [0.717, 1.165) is 10.4 Å². The van der Waals surface area contributed by atoms with Crippen LogP contribution in [0.4, 0.5) is 4.39 Å². The van der Waals surface area contributed by atoms with E-state index < -0.39 is 39.7 Å². The lowest BCUT2D eigenvalue weighted by molar-refractivity contribution is -0.140. The number of rotatable bonds is 4. The molecule has 20 heavy (non-hydrogen) atoms. The van der Waals surface area contributed by atoms with Crippen LogP contribution in [-0.2, 0) is 20.6 Å². The lowest BCUT2D eigenvalue weighted by atomic mass is 10.2. The minimum Gasteiger partial charge on any atom is -0.480 e. The Kier molecular flexibility index (Phi) is 4.07. The van der Waals surface area contributed by atoms with E-state index in [9.17, 15) is 22.7 Å². The molecular weight excluding hydrogens is 289 g/mol. The number of hydrogen-bond donors (Lipinski definition) is 2. The van der Waals surface area contributed by atoms with Crippen molar-refractivity contribution in [2.75, 3.05) is 6.54 Å². The molecule has 0 radical (unpaired) electrons. The predicted molar refractivity (Wildman–Crippen MR) is 67.8 cm³/mol. The van der Waals surface area contributed by atoms with Gasteiger partial charge in [-0.3, -0.25) is 4.79 Å². The maximum absolute atomic E-state index is 13.0. The smallest absolute Gasteiger partial charge is 0.322 e. The zero-order chi connectivity index (χ0) is 14.9. The molecule has 0 saturated carbocycles. The molecule has 1 saturated heterocycles. The Morgan fingerprint density at radius 2 is 2.15 bits per heavy atom. The van der Waals surface area contributed by atoms with Gasteiger partial charge in [0.05, 0.1) is 11.9 Å². The second kappa shape index (κ2) is 5.47. The second-order valence-corrected chi connectivity index (χ2v) is 6.62. The van der Waals surface area contributed by atoms with Crippen molar-refractivity contribution >= 4 is 16.0 Å². The standard InChI is InChI=1S/C12H14FNO5S/c13-9-3-1-2-8(4-9)7-20(18,19)14-6-10(15)5-11(14)12(16)17/h1-4,10-11,15H,5-7H2,(H,16,17)/t10-,11+/m0/s1. The third-order valence-corrected chi connectivity index (χ3v) is 4.93. The fourth-order valence-corrected chi connectivity index (χ4v) is 3.97. The van der Waals surface area contributed by atoms with Crippen LogP contribution in [0.15, 0.2) is 24.3 Å². The summed E-state index contributed by atoms with van der Waals surface area (Å²) in [6.07, 6.45) is -1.14. The third-order valence-electron chi connectivity index (χ3n) is 3.11. The zero-order valence-electron chi connectivity index (χ0n) is 10.4. The zero-order valence-corrected chi connectivity index (χ0v) is 11.3. The number of aliphatic hydroxyl groups excluding tert-OH is 1. The molecule has 1 aromatic carbocycles. The Hall–Kier alpha value is -1.51. The lowest BCUT2D eigenvalue weighted by Crippen LogP contribution is -2.41. The molecule has 2 rings (SSSR count). The number of carboxylic acid groups (broad SMARTS) is 1. The maximum Gasteiger partial charge on any atom is 0.322 e. The highest BCUT2D eigenvalue weighted by Crippen LogP contribution is 2.24. The fraction of sp³-hybridized carbons (Fsp3) is 0.417. The summed E-state index contributed by atoms with van der Waals surface area (Å²) in [5.41, 5.74) is 0.232. The molecule has 8 heteroatoms. The molecule has 1 aromatic rings. The molecule has 0 bridgehead atoms. The molecule has 6 nitrogen and oxygen atoms in total. The highest BCUT2D eigenvalue weighted by Gasteiger charge is 2.42. The molecule has 1 aliphatic rings. The number of hydrogen-bond acceptors (Lipinski definition) is 4. The van der Waals surface area contributed by atoms with E-state index in [1.54, 1.807) is 0 Å². The maximum atomic E-state index is 13.0. The number of aliphatic carboxylic acids is 1. The first-order chi connectivity index (χ1) is 9.29. The number of β-amino-alcohol motifs (C(OH)–C–C–N with tert-alkyl or cyclic N) is 1. The quantitative estimate of drug-likeness (QED) is 0.827. The van der Waals surface area contributed by atoms with Gasteiger partial charge in [0.15, 0.2) is 0 Å². The van der Waals surface area contributed by atoms with Gasteiger partial charge in [-0.05, 0) is 17.7 Å². The van der Waals surface area contributed by atoms with Gasteiger partial charge >= 0.3 is 5.97 Å². The summed E-state index contributed by atoms with van der Waals surface area (Å²) in [4.78, 5) is 11.0. The van der Waals surface area contributed by atoms with E-state index in [1.807, 2.05) is 0 Å². The van der Waals surface area contributed by atoms with Gasteiger partial charge < -0.3 is 10.2 Å². The average molecular weight is 303 g/mol. The molecule has 1 fully saturated rings. The third kappa shape index (κ3) is 3.14. The molecule has 0 aromatic heterocycles. The largest absolute Gasteiger partial charge is 0.480 e. The van der Waals surface area contributed by atoms with E-state index in [0.29, 0.717) is 0 Å². The summed E-state index contributed by atoms with van der Waals surface area (Å²) >= 11 is 0. The lowest BCUT2D eigenvalue weighted by Gasteiger charge is -2.20. The van der Waals surface area contributed by atoms with Crippen molar-refractivity contribution in [3.05, 3.63) is 35.6 Å². The number of carbonyl (C=O) groups is 1. The number of aliphatic hydroxyl groups is 1. The first-order valence-electron chi connectivity index (χ1n) is 5.94. The SMILES string of the molecule is O=C(O)[C@H]1C[C@H](O)CN1S(=O)(=O)Cc1cccc(F)c1. The van der Waals surface area contributed by atoms with Gasteiger partial charge in [0.2, 0.25) is 10.0 Å². The van der Waals surface area contributed by atoms with Gasteiger partial charge in [-0.2, -0.15) is 4.31 Å². The molecule has 0 aliphatic carbocycles. The Labute approximate surface area is 115 Å². The topological polar surface area (TPSA) is 94.9 Å². The van der Waals surface area contributed by atoms with E-state index >= 15 is 0 Å². The van der Waals surface area contributed by atoms with Crippen LogP contribution in [0.2, 0.25) is 0 Å². The summed E-state index contributed by atoms with van der Waals surface area (Å²) in [7, 11) is -3.93. The summed E-state index contributed by atoms with van der Waals surface area (Å²) in [5, 5.41) is 18.5. The van der Waals surface area contributed by atoms with Crippen LogP contribution in [0, 0.1) is 5.82 Å². The van der Waals surface area contributed by atoms with Crippen molar-refractivity contribution in [2.45, 2.75) is 24.3 Å². The summed E-state index contributed by atoms with van der Waals surface area (Å²) < 4.78 is 38.2. The summed E-state index contributed by atoms with van der Waals surface area (Å²) in [5.74, 6) is -2.36. The van der Waals surface area contributed by atoms with E-state index in [4.69, 9.17) is 5.11 Å². The van der Waals surface area contributed by atoms with E-state index in [-0.39, 0.29) is 18.5 Å². The molecule has 2 atom stereocenters. The van der Waals surface area contributed by atoms with Crippen molar-refractivity contribution < 1.29 is 27.8 Å². The Morgan fingerprint density at radius 1 is 1.45 bits per heavy atom. The van der Waals surface area contributed by atoms with Crippen molar-refractivity contribution in [1.82, 2.24) is 4.31 Å². The van der Waals surface area contributed by atoms with Crippen LogP contribution in [0.3, 0.4) is 0 Å². The number of halogens is 1. The van der Waals surface area contributed by atoms with Crippen molar-refractivity contribution in [1.29, 1.82) is 0 Å². The Balaban J connectivity index is 2.23. The number of nitrogens with zero attached hydrogens (tertiary/aromatic N) is 1. The van der Waals surface area contributed by atoms with Crippen LogP contribution in [0.5, 0.6) is 0 Å². The molecule has 1 heterocycles. The van der Waals surface area contributed by atoms with Crippen LogP contribution in [0.25, 0.3) is 0 Å². The molecule has 1 aliphatic heterocycles. The van der Waals surface area contributed by atoms with Crippen molar-refractivity contribution in [3.8, 4) is 0 Å². The minimum absolute atomic E-state index is 0.141. The number of carboxylic acids is 1. The van der Waals surface area contributed by atoms with E-state index in [2.05, 4.69) is 0 Å². The number of benzene rings is 1. The summed E-state index contributed by atoms with van der Waals surface area (Å²) in [6.45, 7) is -0.255. The fourth-order valence-electron chi connectivity index (χ4n) is 2.24. The van der Waals surface area contributed by atoms with Crippen LogP contribution in [0.1, 0.15) is 12.0 Å². The highest BCUT2D eigenvalue weighted by atomic mass is 32.2. The van der Waals surface area contributed by atoms with Crippen LogP contribution in [-0.4, -0.2) is 47.6 Å². The van der Waals surface area contributed by atoms with E-state index in [1.165, 1.54) is 18.2 Å². The minimum atomic E-state index is -3.93. The van der Waals surface area contributed by atoms with Crippen LogP contribution < -0.4 is 0 Å². The Bertz CT molecular complexity index is 618. The molecular formula is C12H14FNO5S. The van der Waals surface area contributed by atoms with Gasteiger partial charge in [-0.25, -0.2) is 12.8 Å². The first-order valence-corrected chi connectivity index (χ1v) is 7.55. The molecule has 0 amide bonds.